The average Bonchev–Trinajstić information content (AvgIpc) is 2.63. The first-order valence-corrected chi connectivity index (χ1v) is 11.2. The average molecular weight is 400 g/mol. The molecule has 6 nitrogen and oxygen atoms in total. The fourth-order valence-corrected chi connectivity index (χ4v) is 4.03. The molecule has 0 bridgehead atoms. The minimum Gasteiger partial charge on any atom is -0.357 e. The summed E-state index contributed by atoms with van der Waals surface area (Å²) in [6.07, 6.45) is 7.55. The van der Waals surface area contributed by atoms with E-state index >= 15 is 0 Å². The van der Waals surface area contributed by atoms with Crippen LogP contribution < -0.4 is 10.6 Å². The predicted octanol–water partition coefficient (Wildman–Crippen LogP) is 3.41. The Morgan fingerprint density at radius 3 is 2.33 bits per heavy atom. The molecule has 3 amide bonds. The van der Waals surface area contributed by atoms with Gasteiger partial charge in [0.2, 0.25) is 5.91 Å². The van der Waals surface area contributed by atoms with Crippen LogP contribution in [0.2, 0.25) is 0 Å². The Labute approximate surface area is 168 Å². The molecule has 1 saturated carbocycles. The summed E-state index contributed by atoms with van der Waals surface area (Å²) in [6, 6.07) is -0.697. The molecule has 1 atom stereocenters. The minimum atomic E-state index is -0.493. The Balaban J connectivity index is 2.68. The maximum Gasteiger partial charge on any atom is 0.318 e. The first kappa shape index (κ1) is 23.8. The molecule has 1 aliphatic rings. The van der Waals surface area contributed by atoms with Gasteiger partial charge >= 0.3 is 6.03 Å². The molecule has 0 saturated heterocycles. The normalized spacial score (nSPS) is 16.0. The lowest BCUT2D eigenvalue weighted by atomic mass is 9.84. The van der Waals surface area contributed by atoms with E-state index in [9.17, 15) is 14.4 Å². The van der Waals surface area contributed by atoms with E-state index in [1.165, 1.54) is 37.9 Å². The van der Waals surface area contributed by atoms with Crippen molar-refractivity contribution >= 4 is 28.8 Å². The number of hydrogen-bond acceptors (Lipinski definition) is 4. The molecular formula is C20H37N3O3S. The van der Waals surface area contributed by atoms with Gasteiger partial charge in [-0.1, -0.05) is 57.7 Å². The van der Waals surface area contributed by atoms with Crippen LogP contribution in [-0.4, -0.2) is 53.9 Å². The predicted molar refractivity (Wildman–Crippen MR) is 112 cm³/mol. The van der Waals surface area contributed by atoms with Crippen molar-refractivity contribution < 1.29 is 14.4 Å². The van der Waals surface area contributed by atoms with E-state index in [4.69, 9.17) is 0 Å². The standard InChI is InChI=1S/C20H37N3O3S/c1-15(2)10-11-23(12-13-27-16(3)24)20(26)22-18(19(25)21-4)14-17-8-6-5-7-9-17/h15,17-18H,5-14H2,1-4H3,(H,21,25)(H,22,26). The van der Waals surface area contributed by atoms with Gasteiger partial charge in [0, 0.05) is 32.8 Å². The summed E-state index contributed by atoms with van der Waals surface area (Å²) >= 11 is 1.23. The first-order valence-electron chi connectivity index (χ1n) is 10.2. The summed E-state index contributed by atoms with van der Waals surface area (Å²) in [5, 5.41) is 5.70. The summed E-state index contributed by atoms with van der Waals surface area (Å²) in [6.45, 7) is 6.92. The maximum atomic E-state index is 12.8. The first-order chi connectivity index (χ1) is 12.8. The molecule has 0 aromatic heterocycles. The molecule has 1 aliphatic carbocycles. The van der Waals surface area contributed by atoms with Gasteiger partial charge in [0.15, 0.2) is 5.12 Å². The lowest BCUT2D eigenvalue weighted by Crippen LogP contribution is -2.52. The molecule has 0 spiro atoms. The maximum absolute atomic E-state index is 12.8. The third-order valence-corrected chi connectivity index (χ3v) is 5.88. The highest BCUT2D eigenvalue weighted by atomic mass is 32.2. The topological polar surface area (TPSA) is 78.5 Å². The number of urea groups is 1. The second-order valence-electron chi connectivity index (χ2n) is 7.87. The minimum absolute atomic E-state index is 0.0553. The van der Waals surface area contributed by atoms with Crippen molar-refractivity contribution in [1.29, 1.82) is 0 Å². The number of nitrogens with one attached hydrogen (secondary N) is 2. The van der Waals surface area contributed by atoms with E-state index in [0.29, 0.717) is 37.1 Å². The van der Waals surface area contributed by atoms with E-state index in [1.807, 2.05) is 0 Å². The van der Waals surface area contributed by atoms with Crippen LogP contribution in [-0.2, 0) is 9.59 Å². The Bertz CT molecular complexity index is 479. The van der Waals surface area contributed by atoms with E-state index < -0.39 is 6.04 Å². The van der Waals surface area contributed by atoms with Crippen molar-refractivity contribution in [2.24, 2.45) is 11.8 Å². The van der Waals surface area contributed by atoms with Crippen molar-refractivity contribution in [1.82, 2.24) is 15.5 Å². The molecule has 1 rings (SSSR count). The van der Waals surface area contributed by atoms with Gasteiger partial charge in [0.05, 0.1) is 0 Å². The van der Waals surface area contributed by atoms with Gasteiger partial charge < -0.3 is 15.5 Å². The van der Waals surface area contributed by atoms with Crippen LogP contribution >= 0.6 is 11.8 Å². The molecule has 1 fully saturated rings. The van der Waals surface area contributed by atoms with Gasteiger partial charge in [-0.15, -0.1) is 0 Å². The Kier molecular flexibility index (Phi) is 11.5. The van der Waals surface area contributed by atoms with Crippen LogP contribution in [0.1, 0.15) is 65.7 Å². The highest BCUT2D eigenvalue weighted by molar-refractivity contribution is 8.13. The molecule has 0 radical (unpaired) electrons. The SMILES string of the molecule is CNC(=O)C(CC1CCCCC1)NC(=O)N(CCSC(C)=O)CCC(C)C. The van der Waals surface area contributed by atoms with Crippen molar-refractivity contribution in [3.05, 3.63) is 0 Å². The molecule has 0 aromatic carbocycles. The molecule has 156 valence electrons. The molecule has 1 unspecified atom stereocenters. The summed E-state index contributed by atoms with van der Waals surface area (Å²) in [4.78, 5) is 38.1. The van der Waals surface area contributed by atoms with Gasteiger partial charge in [0.1, 0.15) is 6.04 Å². The Hall–Kier alpha value is -1.24. The van der Waals surface area contributed by atoms with Crippen LogP contribution in [0.3, 0.4) is 0 Å². The highest BCUT2D eigenvalue weighted by Crippen LogP contribution is 2.27. The van der Waals surface area contributed by atoms with E-state index in [0.717, 1.165) is 19.3 Å². The number of thioether (sulfide) groups is 1. The van der Waals surface area contributed by atoms with Crippen LogP contribution in [0.25, 0.3) is 0 Å². The third-order valence-electron chi connectivity index (χ3n) is 5.08. The van der Waals surface area contributed by atoms with Crippen LogP contribution in [0.5, 0.6) is 0 Å². The van der Waals surface area contributed by atoms with Gasteiger partial charge in [0.25, 0.3) is 0 Å². The quantitative estimate of drug-likeness (QED) is 0.590. The zero-order valence-corrected chi connectivity index (χ0v) is 18.2. The number of likely N-dealkylation sites (N-methyl/N-ethyl adjacent to an activating group) is 1. The molecule has 0 aliphatic heterocycles. The third kappa shape index (κ3) is 10.0. The van der Waals surface area contributed by atoms with Gasteiger partial charge in [-0.2, -0.15) is 0 Å². The largest absolute Gasteiger partial charge is 0.357 e. The van der Waals surface area contributed by atoms with Gasteiger partial charge in [-0.25, -0.2) is 4.79 Å². The van der Waals surface area contributed by atoms with E-state index in [-0.39, 0.29) is 17.1 Å². The number of amides is 3. The van der Waals surface area contributed by atoms with Crippen molar-refractivity contribution in [2.75, 3.05) is 25.9 Å². The lowest BCUT2D eigenvalue weighted by molar-refractivity contribution is -0.123. The monoisotopic (exact) mass is 399 g/mol. The van der Waals surface area contributed by atoms with E-state index in [2.05, 4.69) is 24.5 Å². The molecule has 0 aromatic rings. The highest BCUT2D eigenvalue weighted by Gasteiger charge is 2.27. The molecule has 7 heteroatoms. The smallest absolute Gasteiger partial charge is 0.318 e. The number of carbonyl (C=O) groups is 3. The van der Waals surface area contributed by atoms with Crippen LogP contribution in [0, 0.1) is 11.8 Å². The summed E-state index contributed by atoms with van der Waals surface area (Å²) in [7, 11) is 1.61. The summed E-state index contributed by atoms with van der Waals surface area (Å²) < 4.78 is 0. The summed E-state index contributed by atoms with van der Waals surface area (Å²) in [5.74, 6) is 1.43. The fourth-order valence-electron chi connectivity index (χ4n) is 3.43. The van der Waals surface area contributed by atoms with Gasteiger partial charge in [-0.05, 0) is 24.7 Å². The Morgan fingerprint density at radius 2 is 1.78 bits per heavy atom. The number of carbonyl (C=O) groups excluding carboxylic acids is 3. The van der Waals surface area contributed by atoms with Gasteiger partial charge in [-0.3, -0.25) is 9.59 Å². The van der Waals surface area contributed by atoms with Crippen LogP contribution in [0.4, 0.5) is 4.79 Å². The zero-order valence-electron chi connectivity index (χ0n) is 17.4. The zero-order chi connectivity index (χ0) is 20.2. The van der Waals surface area contributed by atoms with E-state index in [1.54, 1.807) is 11.9 Å². The lowest BCUT2D eigenvalue weighted by Gasteiger charge is -2.29. The van der Waals surface area contributed by atoms with Crippen molar-refractivity contribution in [2.45, 2.75) is 71.8 Å². The van der Waals surface area contributed by atoms with Crippen molar-refractivity contribution in [3.8, 4) is 0 Å². The molecule has 2 N–H and O–H groups in total. The summed E-state index contributed by atoms with van der Waals surface area (Å²) in [5.41, 5.74) is 0. The van der Waals surface area contributed by atoms with Crippen LogP contribution in [0.15, 0.2) is 0 Å². The number of hydrogen-bond donors (Lipinski definition) is 2. The second kappa shape index (κ2) is 13.0. The number of rotatable bonds is 10. The number of nitrogens with zero attached hydrogens (tertiary/aromatic N) is 1. The molecule has 0 heterocycles. The molecular weight excluding hydrogens is 362 g/mol. The fraction of sp³-hybridized carbons (Fsp3) is 0.850. The molecule has 27 heavy (non-hydrogen) atoms. The van der Waals surface area contributed by atoms with Crippen molar-refractivity contribution in [3.63, 3.8) is 0 Å². The second-order valence-corrected chi connectivity index (χ2v) is 9.14. The Morgan fingerprint density at radius 1 is 1.11 bits per heavy atom.